The van der Waals surface area contributed by atoms with Gasteiger partial charge in [-0.1, -0.05) is 78.7 Å². The first-order valence-electron chi connectivity index (χ1n) is 40.5. The fourth-order valence-corrected chi connectivity index (χ4v) is 80.4. The molecular formula is C73H85N11O17S40. The summed E-state index contributed by atoms with van der Waals surface area (Å²) in [6.45, 7) is 2.52. The van der Waals surface area contributed by atoms with Gasteiger partial charge in [0.1, 0.15) is 24.2 Å². The van der Waals surface area contributed by atoms with Crippen molar-refractivity contribution in [3.8, 4) is 11.8 Å². The van der Waals surface area contributed by atoms with Gasteiger partial charge in [0.25, 0.3) is 33.7 Å². The number of benzene rings is 4. The monoisotopic (exact) mass is 2670 g/mol. The summed E-state index contributed by atoms with van der Waals surface area (Å²) in [7, 11) is 46.4. The van der Waals surface area contributed by atoms with Crippen LogP contribution in [0.4, 0.5) is 0 Å². The highest BCUT2D eigenvalue weighted by atomic mass is 33.5. The van der Waals surface area contributed by atoms with Gasteiger partial charge < -0.3 is 29.8 Å². The normalized spacial score (nSPS) is 16.1. The maximum absolute atomic E-state index is 12.8. The fraction of sp³-hybridized carbons (Fsp3) is 0.479. The van der Waals surface area contributed by atoms with Crippen molar-refractivity contribution in [3.63, 3.8) is 0 Å². The number of rotatable bonds is 24. The van der Waals surface area contributed by atoms with Crippen molar-refractivity contribution in [1.29, 1.82) is 0 Å². The molecule has 12 rings (SSSR count). The molecule has 8 aliphatic rings. The summed E-state index contributed by atoms with van der Waals surface area (Å²) < 4.78 is 26.6. The summed E-state index contributed by atoms with van der Waals surface area (Å²) in [6.07, 6.45) is 14.9. The Labute approximate surface area is 943 Å². The van der Waals surface area contributed by atoms with Gasteiger partial charge in [-0.3, -0.25) is 83.0 Å². The summed E-state index contributed by atoms with van der Waals surface area (Å²) >= 11 is 36.4. The van der Waals surface area contributed by atoms with Gasteiger partial charge in [-0.15, -0.1) is 0 Å². The zero-order valence-corrected chi connectivity index (χ0v) is 106. The van der Waals surface area contributed by atoms with E-state index >= 15 is 0 Å². The van der Waals surface area contributed by atoms with E-state index in [1.54, 1.807) is 258 Å². The van der Waals surface area contributed by atoms with Gasteiger partial charge in [-0.2, -0.15) is 8.42 Å². The second-order valence-corrected chi connectivity index (χ2v) is 84.6. The molecule has 4 aromatic rings. The van der Waals surface area contributed by atoms with Crippen LogP contribution in [0.25, 0.3) is 10.4 Å². The number of hydrogen-bond donors (Lipinski definition) is 6. The lowest BCUT2D eigenvalue weighted by Crippen LogP contribution is -2.52. The molecule has 141 heavy (non-hydrogen) atoms. The number of hydrogen-bond acceptors (Lipinski definition) is 26. The molecule has 0 bridgehead atoms. The molecule has 0 saturated carbocycles. The number of azide groups is 1. The zero-order chi connectivity index (χ0) is 103. The van der Waals surface area contributed by atoms with E-state index in [2.05, 4.69) is 110 Å². The third-order valence-corrected chi connectivity index (χ3v) is 80.4. The number of aliphatic hydroxyl groups is 2. The van der Waals surface area contributed by atoms with Gasteiger partial charge in [-0.25, -0.2) is 0 Å². The van der Waals surface area contributed by atoms with Crippen LogP contribution >= 0.6 is 0 Å². The first-order valence-corrected chi connectivity index (χ1v) is 89.0. The standard InChI is InChI=1S/C19H24N2O6S.C18H21N5O3.C18H22N2O4.C18H18N2O4.S13.S12.S11.S3/c1-28(25,26)27-11-4-2-3-6-13-7-5-8-14-15(13)12-21(19(14)24)16-9-10-17(22)20-18(16)23;19-22-20-10-3-1-2-5-12-6-4-7-13-14(12)11-23(18(13)26)15-8-9-16(24)21-17(15)25;2*21-10-3-1-2-5-12-6-4-7-13-14(12)11-20(18(13)24)15-8-9-16(22)19-17(15)23;1-3-5-7-9-11-13-12-10-8-6-4-2;1-3-5-7-9-11-12-10-8-6-4-2;1-3-5-7-9-11-10-8-6-4-2;1-3-2/h5,7-8,16H,2-4,6,9-12H2,1H3,(H,20,22,23);4,6-7,15H,1-3,5,8-11H2,(H,21,24,25);4,6-7,15,21H,1-3,5,8-11H2,(H,19,22,23);4,6-7,15,21H,1,3,8-11H2,(H,19,22,23);;;;. The predicted molar refractivity (Wildman–Crippen MR) is 655 cm³/mol. The zero-order valence-electron chi connectivity index (χ0n) is 72.9. The summed E-state index contributed by atoms with van der Waals surface area (Å²) in [5.41, 5.74) is 18.6. The van der Waals surface area contributed by atoms with E-state index in [9.17, 15) is 66.0 Å². The van der Waals surface area contributed by atoms with Crippen LogP contribution in [0.5, 0.6) is 0 Å². The third kappa shape index (κ3) is 49.9. The molecule has 6 N–H and O–H groups in total. The quantitative estimate of drug-likeness (QED) is 0.00993. The van der Waals surface area contributed by atoms with Gasteiger partial charge in [0.15, 0.2) is 0 Å². The van der Waals surface area contributed by atoms with Gasteiger partial charge in [0.05, 0.1) is 12.9 Å². The molecule has 0 aromatic heterocycles. The first-order chi connectivity index (χ1) is 68.3. The third-order valence-electron chi connectivity index (χ3n) is 19.8. The van der Waals surface area contributed by atoms with Crippen LogP contribution in [0.1, 0.15) is 208 Å². The lowest BCUT2D eigenvalue weighted by Gasteiger charge is -2.29. The van der Waals surface area contributed by atoms with E-state index in [0.29, 0.717) is 99.9 Å². The summed E-state index contributed by atoms with van der Waals surface area (Å²) in [4.78, 5) is 153. The Bertz CT molecular complexity index is 7010. The molecule has 4 saturated heterocycles. The molecule has 4 aromatic carbocycles. The summed E-state index contributed by atoms with van der Waals surface area (Å²) in [6, 6.07) is 20.0. The highest BCUT2D eigenvalue weighted by molar-refractivity contribution is 8.77. The molecule has 0 spiro atoms. The van der Waals surface area contributed by atoms with Crippen LogP contribution in [-0.4, -0.2) is 166 Å². The van der Waals surface area contributed by atoms with Gasteiger partial charge in [0.2, 0.25) is 47.3 Å². The second-order valence-electron chi connectivity index (χ2n) is 28.1. The smallest absolute Gasteiger partial charge is 0.264 e. The van der Waals surface area contributed by atoms with Crippen molar-refractivity contribution < 1.29 is 80.3 Å². The number of carbonyl (C=O) groups excluding carboxylic acids is 12. The number of nitrogens with one attached hydrogen (secondary N) is 4. The molecule has 4 fully saturated rings. The Morgan fingerprint density at radius 3 is 0.929 bits per heavy atom. The maximum atomic E-state index is 12.8. The van der Waals surface area contributed by atoms with E-state index in [-0.39, 0.29) is 105 Å². The fourth-order valence-electron chi connectivity index (χ4n) is 14.1. The maximum Gasteiger partial charge on any atom is 0.264 e. The number of carbonyl (C=O) groups is 12. The Morgan fingerprint density at radius 2 is 0.652 bits per heavy atom. The van der Waals surface area contributed by atoms with E-state index in [1.807, 2.05) is 42.5 Å². The van der Waals surface area contributed by atoms with Crippen LogP contribution < -0.4 is 21.3 Å². The number of unbranched alkanes of at least 4 members (excludes halogenated alkanes) is 7. The number of aliphatic hydroxyl groups excluding tert-OH is 2. The van der Waals surface area contributed by atoms with Crippen LogP contribution in [-0.2, 0) is 463 Å². The van der Waals surface area contributed by atoms with E-state index in [4.69, 9.17) is 42.3 Å². The summed E-state index contributed by atoms with van der Waals surface area (Å²) in [5.74, 6) is 2.66. The Kier molecular flexibility index (Phi) is 72.6. The molecule has 8 heterocycles. The minimum absolute atomic E-state index is 0.101. The molecule has 8 aliphatic heterocycles. The topological polar surface area (TPSA) is 399 Å². The van der Waals surface area contributed by atoms with Crippen molar-refractivity contribution in [1.82, 2.24) is 40.9 Å². The van der Waals surface area contributed by atoms with E-state index in [1.165, 1.54) is 58.2 Å². The number of piperidine rings is 4. The van der Waals surface area contributed by atoms with E-state index < -0.39 is 46.1 Å². The largest absolute Gasteiger partial charge is 0.396 e. The molecule has 774 valence electrons. The van der Waals surface area contributed by atoms with Crippen LogP contribution in [0.15, 0.2) is 77.9 Å². The first kappa shape index (κ1) is 130. The predicted octanol–water partition coefficient (Wildman–Crippen LogP) is 5.24. The van der Waals surface area contributed by atoms with Crippen LogP contribution in [0.3, 0.4) is 0 Å². The van der Waals surface area contributed by atoms with Crippen LogP contribution in [0, 0.1) is 11.8 Å². The molecule has 0 aliphatic carbocycles. The molecule has 28 nitrogen and oxygen atoms in total. The molecule has 0 radical (unpaired) electrons. The summed E-state index contributed by atoms with van der Waals surface area (Å²) in [5, 5.41) is 30.4. The molecular weight excluding hydrogens is 2590 g/mol. The minimum atomic E-state index is -3.40. The molecule has 4 atom stereocenters. The highest BCUT2D eigenvalue weighted by Crippen LogP contribution is 2.35. The Morgan fingerprint density at radius 1 is 0.383 bits per heavy atom. The second kappa shape index (κ2) is 78.7. The van der Waals surface area contributed by atoms with Gasteiger partial charge in [0, 0.05) is 476 Å². The van der Waals surface area contributed by atoms with Gasteiger partial charge in [-0.05, 0) is 165 Å². The number of amides is 12. The number of imide groups is 4. The Hall–Kier alpha value is -1.40. The van der Waals surface area contributed by atoms with E-state index in [0.717, 1.165) is 130 Å². The molecule has 68 heteroatoms. The number of nitrogens with zero attached hydrogens (tertiary/aromatic N) is 7. The average Bonchev–Trinajstić information content (AvgIpc) is 1.64. The minimum Gasteiger partial charge on any atom is -0.396 e. The van der Waals surface area contributed by atoms with Gasteiger partial charge >= 0.3 is 0 Å². The molecule has 12 amide bonds. The SMILES string of the molecule is CS(=O)(=O)OCCCCCc1cccc2c1CN(C1CCC(=O)NC1=O)C2=O.O=C1CCC(N2Cc3c(C#CCCCO)cccc3C2=O)C(=O)N1.O=C1CCC(N2Cc3c(CCCCCO)cccc3C2=O)C(=O)N1.S=S=S.S=S=S=S=S=S=S=S=S=S=S.S=S=S=S=S=S=S=S=S=S=S=S.S=S=S=S=S=S=S=S=S=S=S=S=S.[N-]=[N+]=NCCCCCc1cccc2c1CN(C1CCC(=O)NC1=O)C2=O. The lowest BCUT2D eigenvalue weighted by atomic mass is 9.98. The number of fused-ring (bicyclic) bond motifs is 4. The van der Waals surface area contributed by atoms with Crippen molar-refractivity contribution in [3.05, 3.63) is 150 Å². The molecule has 4 unspecified atom stereocenters. The van der Waals surface area contributed by atoms with Crippen molar-refractivity contribution in [2.24, 2.45) is 5.11 Å². The average molecular weight is 2670 g/mol. The van der Waals surface area contributed by atoms with Crippen molar-refractivity contribution in [2.75, 3.05) is 32.6 Å². The lowest BCUT2D eigenvalue weighted by molar-refractivity contribution is -0.138. The Balaban J connectivity index is 0.000000296. The van der Waals surface area contributed by atoms with Crippen LogP contribution in [0.2, 0.25) is 0 Å². The highest BCUT2D eigenvalue weighted by Gasteiger charge is 2.44. The van der Waals surface area contributed by atoms with Crippen molar-refractivity contribution in [2.45, 2.75) is 192 Å². The number of aryl methyl sites for hydroxylation is 3. The van der Waals surface area contributed by atoms with Crippen molar-refractivity contribution >= 4 is 446 Å².